The third-order valence-corrected chi connectivity index (χ3v) is 7.08. The van der Waals surface area contributed by atoms with E-state index >= 15 is 0 Å². The van der Waals surface area contributed by atoms with Crippen molar-refractivity contribution in [1.82, 2.24) is 9.71 Å². The lowest BCUT2D eigenvalue weighted by Crippen LogP contribution is -2.30. The largest absolute Gasteiger partial charge is 0.325 e. The fraction of sp³-hybridized carbons (Fsp3) is 0.273. The number of aryl methyl sites for hydroxylation is 1. The Balaban J connectivity index is 1.67. The number of pyridine rings is 1. The van der Waals surface area contributed by atoms with Crippen molar-refractivity contribution >= 4 is 44.3 Å². The zero-order valence-electron chi connectivity index (χ0n) is 17.3. The summed E-state index contributed by atoms with van der Waals surface area (Å²) in [5.74, 6) is -0.177. The van der Waals surface area contributed by atoms with Crippen molar-refractivity contribution < 1.29 is 13.2 Å². The highest BCUT2D eigenvalue weighted by molar-refractivity contribution is 8.00. The summed E-state index contributed by atoms with van der Waals surface area (Å²) in [5.41, 5.74) is 2.56. The molecule has 0 saturated carbocycles. The summed E-state index contributed by atoms with van der Waals surface area (Å²) in [5, 5.41) is 4.34. The van der Waals surface area contributed by atoms with Gasteiger partial charge in [0.05, 0.1) is 20.7 Å². The summed E-state index contributed by atoms with van der Waals surface area (Å²) in [4.78, 5) is 17.4. The summed E-state index contributed by atoms with van der Waals surface area (Å²) < 4.78 is 26.9. The Bertz CT molecular complexity index is 1160. The van der Waals surface area contributed by atoms with E-state index in [1.807, 2.05) is 44.2 Å². The van der Waals surface area contributed by atoms with E-state index in [2.05, 4.69) is 15.0 Å². The molecule has 158 valence electrons. The smallest absolute Gasteiger partial charge is 0.240 e. The summed E-state index contributed by atoms with van der Waals surface area (Å²) in [6, 6.07) is 15.8. The SMILES string of the molecule is Cc1cc(SC(C)C(=O)Nc2ccc(S(=O)(=O)NC(C)C)cc2)nc2ccccc12. The maximum Gasteiger partial charge on any atom is 0.240 e. The fourth-order valence-corrected chi connectivity index (χ4v) is 5.13. The number of hydrogen-bond acceptors (Lipinski definition) is 5. The zero-order valence-corrected chi connectivity index (χ0v) is 19.0. The quantitative estimate of drug-likeness (QED) is 0.530. The van der Waals surface area contributed by atoms with Crippen molar-refractivity contribution in [1.29, 1.82) is 0 Å². The van der Waals surface area contributed by atoms with Crippen LogP contribution in [0.5, 0.6) is 0 Å². The average Bonchev–Trinajstić information content (AvgIpc) is 2.67. The molecule has 2 N–H and O–H groups in total. The van der Waals surface area contributed by atoms with E-state index in [9.17, 15) is 13.2 Å². The van der Waals surface area contributed by atoms with E-state index in [0.717, 1.165) is 21.5 Å². The standard InChI is InChI=1S/C22H25N3O3S2/c1-14(2)25-30(27,28)18-11-9-17(10-12-18)23-22(26)16(4)29-21-13-15(3)19-7-5-6-8-20(19)24-21/h5-14,16,25H,1-4H3,(H,23,26). The molecule has 0 aliphatic heterocycles. The van der Waals surface area contributed by atoms with Gasteiger partial charge in [-0.2, -0.15) is 0 Å². The number of hydrogen-bond donors (Lipinski definition) is 2. The number of anilines is 1. The third kappa shape index (κ3) is 5.38. The monoisotopic (exact) mass is 443 g/mol. The van der Waals surface area contributed by atoms with Crippen molar-refractivity contribution in [3.63, 3.8) is 0 Å². The second kappa shape index (κ2) is 9.16. The van der Waals surface area contributed by atoms with E-state index in [0.29, 0.717) is 5.69 Å². The van der Waals surface area contributed by atoms with Crippen molar-refractivity contribution in [3.8, 4) is 0 Å². The maximum absolute atomic E-state index is 12.6. The normalized spacial score (nSPS) is 12.8. The lowest BCUT2D eigenvalue weighted by Gasteiger charge is -2.13. The first-order chi connectivity index (χ1) is 14.2. The Hall–Kier alpha value is -2.42. The summed E-state index contributed by atoms with van der Waals surface area (Å²) in [6.45, 7) is 7.37. The number of thioether (sulfide) groups is 1. The Morgan fingerprint density at radius 2 is 1.70 bits per heavy atom. The third-order valence-electron chi connectivity index (χ3n) is 4.39. The van der Waals surface area contributed by atoms with Crippen molar-refractivity contribution in [2.45, 2.75) is 48.9 Å². The van der Waals surface area contributed by atoms with Gasteiger partial charge in [-0.25, -0.2) is 18.1 Å². The Morgan fingerprint density at radius 3 is 2.37 bits per heavy atom. The molecule has 1 atom stereocenters. The van der Waals surface area contributed by atoms with E-state index in [1.54, 1.807) is 26.0 Å². The van der Waals surface area contributed by atoms with Crippen LogP contribution in [0.3, 0.4) is 0 Å². The molecule has 1 unspecified atom stereocenters. The number of benzene rings is 2. The highest BCUT2D eigenvalue weighted by Crippen LogP contribution is 2.27. The summed E-state index contributed by atoms with van der Waals surface area (Å²) in [7, 11) is -3.56. The molecule has 3 rings (SSSR count). The zero-order chi connectivity index (χ0) is 21.9. The van der Waals surface area contributed by atoms with E-state index in [-0.39, 0.29) is 22.1 Å². The Kier molecular flexibility index (Phi) is 6.80. The van der Waals surface area contributed by atoms with Gasteiger partial charge in [-0.05, 0) is 69.7 Å². The van der Waals surface area contributed by atoms with Gasteiger partial charge in [0.25, 0.3) is 0 Å². The van der Waals surface area contributed by atoms with Gasteiger partial charge in [0.1, 0.15) is 0 Å². The van der Waals surface area contributed by atoms with E-state index < -0.39 is 10.0 Å². The molecule has 1 amide bonds. The number of amides is 1. The van der Waals surface area contributed by atoms with Gasteiger partial charge in [0.15, 0.2) is 0 Å². The predicted octanol–water partition coefficient (Wildman–Crippen LogP) is 4.35. The Labute approximate surface area is 181 Å². The molecule has 0 bridgehead atoms. The molecular formula is C22H25N3O3S2. The molecule has 2 aromatic carbocycles. The number of aromatic nitrogens is 1. The summed E-state index contributed by atoms with van der Waals surface area (Å²) >= 11 is 1.39. The van der Waals surface area contributed by atoms with Crippen LogP contribution < -0.4 is 10.0 Å². The van der Waals surface area contributed by atoms with Crippen LogP contribution in [-0.4, -0.2) is 30.6 Å². The number of nitrogens with zero attached hydrogens (tertiary/aromatic N) is 1. The number of rotatable bonds is 7. The molecule has 0 fully saturated rings. The van der Waals surface area contributed by atoms with Gasteiger partial charge in [-0.15, -0.1) is 0 Å². The molecular weight excluding hydrogens is 418 g/mol. The molecule has 0 saturated heterocycles. The van der Waals surface area contributed by atoms with Crippen molar-refractivity contribution in [3.05, 3.63) is 60.2 Å². The highest BCUT2D eigenvalue weighted by atomic mass is 32.2. The minimum atomic E-state index is -3.56. The number of carbonyl (C=O) groups is 1. The molecule has 0 aliphatic carbocycles. The van der Waals surface area contributed by atoms with Gasteiger partial charge >= 0.3 is 0 Å². The molecule has 0 radical (unpaired) electrons. The van der Waals surface area contributed by atoms with E-state index in [4.69, 9.17) is 0 Å². The molecule has 30 heavy (non-hydrogen) atoms. The first-order valence-corrected chi connectivity index (χ1v) is 12.0. The van der Waals surface area contributed by atoms with Crippen molar-refractivity contribution in [2.24, 2.45) is 0 Å². The first-order valence-electron chi connectivity index (χ1n) is 9.62. The lowest BCUT2D eigenvalue weighted by atomic mass is 10.1. The minimum Gasteiger partial charge on any atom is -0.325 e. The van der Waals surface area contributed by atoms with Crippen LogP contribution in [0.15, 0.2) is 64.5 Å². The van der Waals surface area contributed by atoms with Crippen LogP contribution in [0.1, 0.15) is 26.3 Å². The van der Waals surface area contributed by atoms with Crippen molar-refractivity contribution in [2.75, 3.05) is 5.32 Å². The predicted molar refractivity (Wildman–Crippen MR) is 122 cm³/mol. The van der Waals surface area contributed by atoms with E-state index in [1.165, 1.54) is 23.9 Å². The molecule has 8 heteroatoms. The molecule has 1 aromatic heterocycles. The average molecular weight is 444 g/mol. The first kappa shape index (κ1) is 22.3. The lowest BCUT2D eigenvalue weighted by molar-refractivity contribution is -0.115. The second-order valence-electron chi connectivity index (χ2n) is 7.34. The maximum atomic E-state index is 12.6. The number of nitrogens with one attached hydrogen (secondary N) is 2. The summed E-state index contributed by atoms with van der Waals surface area (Å²) in [6.07, 6.45) is 0. The fourth-order valence-electron chi connectivity index (χ4n) is 2.95. The number of carbonyl (C=O) groups excluding carboxylic acids is 1. The molecule has 6 nitrogen and oxygen atoms in total. The van der Waals surface area contributed by atoms with Gasteiger partial charge < -0.3 is 5.32 Å². The topological polar surface area (TPSA) is 88.2 Å². The van der Waals surface area contributed by atoms with Gasteiger partial charge in [-0.1, -0.05) is 30.0 Å². The van der Waals surface area contributed by atoms with Crippen LogP contribution in [0.25, 0.3) is 10.9 Å². The number of para-hydroxylation sites is 1. The van der Waals surface area contributed by atoms with Gasteiger partial charge in [0, 0.05) is 17.1 Å². The molecule has 0 aliphatic rings. The van der Waals surface area contributed by atoms with Crippen LogP contribution in [0.2, 0.25) is 0 Å². The second-order valence-corrected chi connectivity index (χ2v) is 10.4. The van der Waals surface area contributed by atoms with Crippen LogP contribution in [0.4, 0.5) is 5.69 Å². The molecule has 3 aromatic rings. The molecule has 0 spiro atoms. The van der Waals surface area contributed by atoms with Crippen LogP contribution in [0, 0.1) is 6.92 Å². The highest BCUT2D eigenvalue weighted by Gasteiger charge is 2.18. The van der Waals surface area contributed by atoms with Gasteiger partial charge in [0.2, 0.25) is 15.9 Å². The van der Waals surface area contributed by atoms with Gasteiger partial charge in [-0.3, -0.25) is 4.79 Å². The molecule has 1 heterocycles. The minimum absolute atomic E-state index is 0.160. The van der Waals surface area contributed by atoms with Crippen LogP contribution >= 0.6 is 11.8 Å². The Morgan fingerprint density at radius 1 is 1.03 bits per heavy atom. The number of sulfonamides is 1. The van der Waals surface area contributed by atoms with Crippen LogP contribution in [-0.2, 0) is 14.8 Å². The number of fused-ring (bicyclic) bond motifs is 1.